The summed E-state index contributed by atoms with van der Waals surface area (Å²) in [6.07, 6.45) is 3.13. The summed E-state index contributed by atoms with van der Waals surface area (Å²) in [5.74, 6) is 0.145. The number of amides is 1. The van der Waals surface area contributed by atoms with E-state index in [2.05, 4.69) is 15.4 Å². The van der Waals surface area contributed by atoms with Gasteiger partial charge in [-0.2, -0.15) is 8.78 Å². The summed E-state index contributed by atoms with van der Waals surface area (Å²) in [5, 5.41) is 6.07. The molecule has 0 unspecified atom stereocenters. The average molecular weight is 298 g/mol. The predicted molar refractivity (Wildman–Crippen MR) is 75.6 cm³/mol. The molecule has 1 aliphatic rings. The molecule has 0 atom stereocenters. The molecule has 0 spiro atoms. The molecule has 1 fully saturated rings. The maximum Gasteiger partial charge on any atom is 0.387 e. The fourth-order valence-electron chi connectivity index (χ4n) is 2.51. The fourth-order valence-corrected chi connectivity index (χ4v) is 2.51. The molecular weight excluding hydrogens is 278 g/mol. The van der Waals surface area contributed by atoms with Gasteiger partial charge in [0.1, 0.15) is 5.75 Å². The number of hydrogen-bond acceptors (Lipinski definition) is 3. The van der Waals surface area contributed by atoms with E-state index in [-0.39, 0.29) is 17.2 Å². The molecule has 1 heterocycles. The van der Waals surface area contributed by atoms with Crippen molar-refractivity contribution < 1.29 is 18.3 Å². The van der Waals surface area contributed by atoms with E-state index < -0.39 is 6.61 Å². The van der Waals surface area contributed by atoms with Gasteiger partial charge in [0, 0.05) is 6.54 Å². The first-order valence-corrected chi connectivity index (χ1v) is 7.19. The van der Waals surface area contributed by atoms with Crippen LogP contribution in [0.15, 0.2) is 24.3 Å². The summed E-state index contributed by atoms with van der Waals surface area (Å²) in [6.45, 7) is -0.353. The number of ether oxygens (including phenoxy) is 1. The minimum atomic E-state index is -2.94. The van der Waals surface area contributed by atoms with E-state index in [1.807, 2.05) is 0 Å². The standard InChI is InChI=1S/C15H20F2N2O2/c16-15(17)21-13-4-2-1-3-12(13)14(20)19-10-7-11-5-8-18-9-6-11/h1-4,11,15,18H,5-10H2,(H,19,20). The van der Waals surface area contributed by atoms with E-state index in [9.17, 15) is 13.6 Å². The van der Waals surface area contributed by atoms with Crippen molar-refractivity contribution in [1.29, 1.82) is 0 Å². The number of para-hydroxylation sites is 1. The van der Waals surface area contributed by atoms with Gasteiger partial charge in [0.2, 0.25) is 0 Å². The molecule has 6 heteroatoms. The Morgan fingerprint density at radius 1 is 1.33 bits per heavy atom. The van der Waals surface area contributed by atoms with Gasteiger partial charge in [-0.1, -0.05) is 12.1 Å². The van der Waals surface area contributed by atoms with Crippen LogP contribution in [0, 0.1) is 5.92 Å². The van der Waals surface area contributed by atoms with E-state index in [0.29, 0.717) is 12.5 Å². The van der Waals surface area contributed by atoms with E-state index in [4.69, 9.17) is 0 Å². The zero-order valence-electron chi connectivity index (χ0n) is 11.8. The molecule has 2 rings (SSSR count). The van der Waals surface area contributed by atoms with Gasteiger partial charge in [0.15, 0.2) is 0 Å². The maximum atomic E-state index is 12.3. The van der Waals surface area contributed by atoms with E-state index in [0.717, 1.165) is 32.4 Å². The fraction of sp³-hybridized carbons (Fsp3) is 0.533. The Bertz CT molecular complexity index is 463. The van der Waals surface area contributed by atoms with Crippen molar-refractivity contribution in [3.05, 3.63) is 29.8 Å². The summed E-state index contributed by atoms with van der Waals surface area (Å²) in [5.41, 5.74) is 0.142. The maximum absolute atomic E-state index is 12.3. The molecule has 1 aromatic carbocycles. The van der Waals surface area contributed by atoms with Crippen molar-refractivity contribution >= 4 is 5.91 Å². The third kappa shape index (κ3) is 4.97. The quantitative estimate of drug-likeness (QED) is 0.848. The average Bonchev–Trinajstić information content (AvgIpc) is 2.48. The number of carbonyl (C=O) groups is 1. The first-order valence-electron chi connectivity index (χ1n) is 7.19. The van der Waals surface area contributed by atoms with Gasteiger partial charge in [0.25, 0.3) is 5.91 Å². The van der Waals surface area contributed by atoms with Crippen LogP contribution in [0.1, 0.15) is 29.6 Å². The van der Waals surface area contributed by atoms with Crippen LogP contribution in [0.25, 0.3) is 0 Å². The molecule has 1 aromatic rings. The van der Waals surface area contributed by atoms with Crippen LogP contribution in [-0.2, 0) is 0 Å². The van der Waals surface area contributed by atoms with Crippen molar-refractivity contribution in [3.8, 4) is 5.75 Å². The van der Waals surface area contributed by atoms with Crippen LogP contribution < -0.4 is 15.4 Å². The number of alkyl halides is 2. The van der Waals surface area contributed by atoms with Crippen LogP contribution in [0.3, 0.4) is 0 Å². The molecule has 1 aliphatic heterocycles. The van der Waals surface area contributed by atoms with Crippen molar-refractivity contribution in [3.63, 3.8) is 0 Å². The molecule has 21 heavy (non-hydrogen) atoms. The van der Waals surface area contributed by atoms with E-state index in [1.165, 1.54) is 12.1 Å². The van der Waals surface area contributed by atoms with Crippen LogP contribution in [-0.4, -0.2) is 32.2 Å². The van der Waals surface area contributed by atoms with Gasteiger partial charge in [0.05, 0.1) is 5.56 Å². The monoisotopic (exact) mass is 298 g/mol. The molecule has 1 saturated heterocycles. The lowest BCUT2D eigenvalue weighted by atomic mass is 9.95. The van der Waals surface area contributed by atoms with Crippen molar-refractivity contribution in [2.75, 3.05) is 19.6 Å². The molecular formula is C15H20F2N2O2. The van der Waals surface area contributed by atoms with Crippen molar-refractivity contribution in [2.45, 2.75) is 25.9 Å². The Kier molecular flexibility index (Phi) is 5.92. The highest BCUT2D eigenvalue weighted by atomic mass is 19.3. The molecule has 0 aromatic heterocycles. The summed E-state index contributed by atoms with van der Waals surface area (Å²) in [7, 11) is 0. The summed E-state index contributed by atoms with van der Waals surface area (Å²) in [4.78, 5) is 12.0. The highest BCUT2D eigenvalue weighted by Gasteiger charge is 2.16. The Hall–Kier alpha value is -1.69. The number of piperidine rings is 1. The number of rotatable bonds is 6. The molecule has 0 saturated carbocycles. The molecule has 0 radical (unpaired) electrons. The summed E-state index contributed by atoms with van der Waals surface area (Å²) in [6, 6.07) is 6.04. The minimum Gasteiger partial charge on any atom is -0.434 e. The highest BCUT2D eigenvalue weighted by molar-refractivity contribution is 5.96. The molecule has 0 aliphatic carbocycles. The van der Waals surface area contributed by atoms with Crippen LogP contribution in [0.2, 0.25) is 0 Å². The smallest absolute Gasteiger partial charge is 0.387 e. The highest BCUT2D eigenvalue weighted by Crippen LogP contribution is 2.20. The van der Waals surface area contributed by atoms with Crippen LogP contribution in [0.4, 0.5) is 8.78 Å². The lowest BCUT2D eigenvalue weighted by Gasteiger charge is -2.22. The molecule has 2 N–H and O–H groups in total. The van der Waals surface area contributed by atoms with E-state index >= 15 is 0 Å². The second-order valence-electron chi connectivity index (χ2n) is 5.11. The largest absolute Gasteiger partial charge is 0.434 e. The number of benzene rings is 1. The first kappa shape index (κ1) is 15.7. The van der Waals surface area contributed by atoms with Crippen LogP contribution >= 0.6 is 0 Å². The Morgan fingerprint density at radius 3 is 2.76 bits per heavy atom. The third-order valence-corrected chi connectivity index (χ3v) is 3.64. The van der Waals surface area contributed by atoms with E-state index in [1.54, 1.807) is 12.1 Å². The number of hydrogen-bond donors (Lipinski definition) is 2. The van der Waals surface area contributed by atoms with Gasteiger partial charge < -0.3 is 15.4 Å². The van der Waals surface area contributed by atoms with Gasteiger partial charge in [-0.3, -0.25) is 4.79 Å². The van der Waals surface area contributed by atoms with Gasteiger partial charge in [-0.05, 0) is 50.4 Å². The third-order valence-electron chi connectivity index (χ3n) is 3.64. The molecule has 1 amide bonds. The number of halogens is 2. The molecule has 116 valence electrons. The number of carbonyl (C=O) groups excluding carboxylic acids is 1. The van der Waals surface area contributed by atoms with Crippen molar-refractivity contribution in [2.24, 2.45) is 5.92 Å². The first-order chi connectivity index (χ1) is 10.2. The summed E-state index contributed by atoms with van der Waals surface area (Å²) >= 11 is 0. The van der Waals surface area contributed by atoms with Gasteiger partial charge in [-0.25, -0.2) is 0 Å². The second kappa shape index (κ2) is 7.93. The predicted octanol–water partition coefficient (Wildman–Crippen LogP) is 2.41. The van der Waals surface area contributed by atoms with Gasteiger partial charge >= 0.3 is 6.61 Å². The zero-order chi connectivity index (χ0) is 15.1. The zero-order valence-corrected chi connectivity index (χ0v) is 11.8. The second-order valence-corrected chi connectivity index (χ2v) is 5.11. The number of nitrogens with one attached hydrogen (secondary N) is 2. The Labute approximate surface area is 122 Å². The minimum absolute atomic E-state index is 0.0909. The molecule has 4 nitrogen and oxygen atoms in total. The summed E-state index contributed by atoms with van der Waals surface area (Å²) < 4.78 is 29.0. The van der Waals surface area contributed by atoms with Gasteiger partial charge in [-0.15, -0.1) is 0 Å². The SMILES string of the molecule is O=C(NCCC1CCNCC1)c1ccccc1OC(F)F. The Morgan fingerprint density at radius 2 is 2.05 bits per heavy atom. The van der Waals surface area contributed by atoms with Crippen LogP contribution in [0.5, 0.6) is 5.75 Å². The lowest BCUT2D eigenvalue weighted by Crippen LogP contribution is -2.31. The molecule has 0 bridgehead atoms. The van der Waals surface area contributed by atoms with Crippen molar-refractivity contribution in [1.82, 2.24) is 10.6 Å². The lowest BCUT2D eigenvalue weighted by molar-refractivity contribution is -0.0501. The Balaban J connectivity index is 1.85. The normalized spacial score (nSPS) is 16.0. The topological polar surface area (TPSA) is 50.4 Å².